The summed E-state index contributed by atoms with van der Waals surface area (Å²) in [6.45, 7) is 7.77. The molecule has 4 heterocycles. The maximum absolute atomic E-state index is 14.6. The maximum Gasteiger partial charge on any atom is 0.417 e. The number of alkyl halides is 3. The summed E-state index contributed by atoms with van der Waals surface area (Å²) in [6, 6.07) is 1.93. The van der Waals surface area contributed by atoms with E-state index in [9.17, 15) is 27.2 Å². The molecule has 39 heavy (non-hydrogen) atoms. The number of amides is 1. The van der Waals surface area contributed by atoms with Gasteiger partial charge in [0.15, 0.2) is 0 Å². The molecule has 1 aromatic carbocycles. The van der Waals surface area contributed by atoms with Crippen LogP contribution in [0.5, 0.6) is 0 Å². The van der Waals surface area contributed by atoms with Crippen LogP contribution >= 0.6 is 27.7 Å². The lowest BCUT2D eigenvalue weighted by atomic mass is 10.0. The molecule has 5 rings (SSSR count). The monoisotopic (exact) mass is 625 g/mol. The van der Waals surface area contributed by atoms with E-state index in [0.717, 1.165) is 24.0 Å². The van der Waals surface area contributed by atoms with E-state index >= 15 is 0 Å². The second kappa shape index (κ2) is 10.2. The van der Waals surface area contributed by atoms with Crippen LogP contribution in [0.15, 0.2) is 51.3 Å². The van der Waals surface area contributed by atoms with Crippen molar-refractivity contribution in [3.8, 4) is 0 Å². The molecular weight excluding hydrogens is 602 g/mol. The molecule has 0 saturated carbocycles. The number of nitrogens with zero attached hydrogens (tertiary/aromatic N) is 5. The van der Waals surface area contributed by atoms with Crippen LogP contribution in [0.4, 0.5) is 23.4 Å². The Morgan fingerprint density at radius 3 is 2.54 bits per heavy atom. The minimum atomic E-state index is -4.68. The van der Waals surface area contributed by atoms with Gasteiger partial charge in [-0.15, -0.1) is 11.8 Å². The molecule has 2 aliphatic rings. The summed E-state index contributed by atoms with van der Waals surface area (Å²) in [5, 5.41) is 0.173. The van der Waals surface area contributed by atoms with Crippen LogP contribution in [0, 0.1) is 5.82 Å². The zero-order chi connectivity index (χ0) is 28.2. The van der Waals surface area contributed by atoms with Crippen LogP contribution in [0.1, 0.15) is 30.9 Å². The van der Waals surface area contributed by atoms with Gasteiger partial charge in [-0.3, -0.25) is 14.3 Å². The average molecular weight is 626 g/mol. The van der Waals surface area contributed by atoms with Crippen molar-refractivity contribution in [2.45, 2.75) is 49.5 Å². The van der Waals surface area contributed by atoms with E-state index in [2.05, 4.69) is 32.5 Å². The van der Waals surface area contributed by atoms with Crippen molar-refractivity contribution < 1.29 is 22.4 Å². The third-order valence-corrected chi connectivity index (χ3v) is 9.51. The third kappa shape index (κ3) is 4.83. The van der Waals surface area contributed by atoms with Crippen LogP contribution in [0.25, 0.3) is 10.9 Å². The maximum atomic E-state index is 14.6. The normalized spacial score (nSPS) is 21.7. The highest BCUT2D eigenvalue weighted by molar-refractivity contribution is 9.10. The number of benzene rings is 1. The van der Waals surface area contributed by atoms with Crippen molar-refractivity contribution in [3.05, 3.63) is 69.1 Å². The Balaban J connectivity index is 1.71. The first-order valence-corrected chi connectivity index (χ1v) is 14.0. The van der Waals surface area contributed by atoms with Crippen LogP contribution in [0.2, 0.25) is 0 Å². The fraction of sp³-hybridized carbons (Fsp3) is 0.385. The van der Waals surface area contributed by atoms with Crippen LogP contribution < -0.4 is 10.6 Å². The number of carbonyl (C=O) groups excluding carboxylic acids is 1. The summed E-state index contributed by atoms with van der Waals surface area (Å²) in [6.07, 6.45) is -0.932. The largest absolute Gasteiger partial charge is 0.417 e. The van der Waals surface area contributed by atoms with E-state index in [1.54, 1.807) is 9.80 Å². The molecule has 0 N–H and O–H groups in total. The zero-order valence-corrected chi connectivity index (χ0v) is 23.4. The molecular formula is C26H24BrF4N5O2S. The Hall–Kier alpha value is -2.93. The smallest absolute Gasteiger partial charge is 0.352 e. The van der Waals surface area contributed by atoms with Crippen molar-refractivity contribution in [3.63, 3.8) is 0 Å². The van der Waals surface area contributed by atoms with E-state index < -0.39 is 29.2 Å². The Labute approximate surface area is 234 Å². The predicted molar refractivity (Wildman–Crippen MR) is 145 cm³/mol. The lowest BCUT2D eigenvalue weighted by molar-refractivity contribution is -0.138. The van der Waals surface area contributed by atoms with Crippen LogP contribution in [0.3, 0.4) is 0 Å². The Bertz CT molecular complexity index is 1530. The lowest BCUT2D eigenvalue weighted by Crippen LogP contribution is -2.58. The van der Waals surface area contributed by atoms with E-state index in [4.69, 9.17) is 0 Å². The van der Waals surface area contributed by atoms with Crippen LogP contribution in [-0.2, 0) is 17.5 Å². The number of rotatable bonds is 3. The summed E-state index contributed by atoms with van der Waals surface area (Å²) >= 11 is 4.30. The summed E-state index contributed by atoms with van der Waals surface area (Å²) in [5.74, 6) is -0.932. The fourth-order valence-corrected chi connectivity index (χ4v) is 7.63. The third-order valence-electron chi connectivity index (χ3n) is 7.17. The average Bonchev–Trinajstić information content (AvgIpc) is 3.08. The highest BCUT2D eigenvalue weighted by Crippen LogP contribution is 2.47. The molecule has 0 radical (unpaired) electrons. The van der Waals surface area contributed by atoms with Gasteiger partial charge in [0.25, 0.3) is 0 Å². The molecule has 2 aromatic heterocycles. The second-order valence-electron chi connectivity index (χ2n) is 9.75. The topological polar surface area (TPSA) is 71.3 Å². The minimum Gasteiger partial charge on any atom is -0.352 e. The van der Waals surface area contributed by atoms with Gasteiger partial charge < -0.3 is 9.80 Å². The number of pyridine rings is 1. The number of carbonyl (C=O) groups is 1. The van der Waals surface area contributed by atoms with Crippen molar-refractivity contribution in [2.24, 2.45) is 0 Å². The molecule has 0 spiro atoms. The summed E-state index contributed by atoms with van der Waals surface area (Å²) in [5.41, 5.74) is -0.887. The van der Waals surface area contributed by atoms with E-state index in [0.29, 0.717) is 11.1 Å². The van der Waals surface area contributed by atoms with E-state index in [1.165, 1.54) is 22.9 Å². The molecule has 2 aliphatic heterocycles. The molecule has 0 bridgehead atoms. The van der Waals surface area contributed by atoms with Gasteiger partial charge in [-0.2, -0.15) is 18.2 Å². The van der Waals surface area contributed by atoms with Crippen LogP contribution in [-0.4, -0.2) is 56.3 Å². The van der Waals surface area contributed by atoms with Gasteiger partial charge >= 0.3 is 11.9 Å². The molecule has 1 amide bonds. The predicted octanol–water partition coefficient (Wildman–Crippen LogP) is 5.21. The Morgan fingerprint density at radius 1 is 1.23 bits per heavy atom. The van der Waals surface area contributed by atoms with Crippen molar-refractivity contribution >= 4 is 50.3 Å². The van der Waals surface area contributed by atoms with Gasteiger partial charge in [0.05, 0.1) is 17.3 Å². The quantitative estimate of drug-likeness (QED) is 0.294. The van der Waals surface area contributed by atoms with Gasteiger partial charge in [0, 0.05) is 64.3 Å². The number of aromatic nitrogens is 3. The van der Waals surface area contributed by atoms with Gasteiger partial charge in [-0.1, -0.05) is 6.58 Å². The van der Waals surface area contributed by atoms with Gasteiger partial charge in [-0.05, 0) is 53.5 Å². The Morgan fingerprint density at radius 2 is 1.92 bits per heavy atom. The number of anilines is 1. The van der Waals surface area contributed by atoms with E-state index in [1.807, 2.05) is 13.8 Å². The number of thioether (sulfide) groups is 1. The van der Waals surface area contributed by atoms with Gasteiger partial charge in [0.2, 0.25) is 5.91 Å². The fourth-order valence-electron chi connectivity index (χ4n) is 5.52. The number of hydrogen-bond donors (Lipinski definition) is 0. The number of hydrogen-bond acceptors (Lipinski definition) is 6. The van der Waals surface area contributed by atoms with Gasteiger partial charge in [-0.25, -0.2) is 9.18 Å². The second-order valence-corrected chi connectivity index (χ2v) is 11.6. The molecule has 7 nitrogen and oxygen atoms in total. The molecule has 3 atom stereocenters. The summed E-state index contributed by atoms with van der Waals surface area (Å²) in [7, 11) is 0. The van der Waals surface area contributed by atoms with Crippen molar-refractivity contribution in [1.82, 2.24) is 19.4 Å². The van der Waals surface area contributed by atoms with Gasteiger partial charge in [0.1, 0.15) is 11.6 Å². The highest BCUT2D eigenvalue weighted by atomic mass is 79.9. The highest BCUT2D eigenvalue weighted by Gasteiger charge is 2.39. The first kappa shape index (κ1) is 27.6. The molecule has 206 valence electrons. The van der Waals surface area contributed by atoms with Crippen molar-refractivity contribution in [1.29, 1.82) is 0 Å². The molecule has 3 aromatic rings. The minimum absolute atomic E-state index is 0.0375. The summed E-state index contributed by atoms with van der Waals surface area (Å²) < 4.78 is 58.5. The summed E-state index contributed by atoms with van der Waals surface area (Å²) in [4.78, 5) is 37.6. The molecule has 0 aliphatic carbocycles. The molecule has 1 fully saturated rings. The zero-order valence-electron chi connectivity index (χ0n) is 21.0. The first-order valence-electron chi connectivity index (χ1n) is 12.2. The van der Waals surface area contributed by atoms with Crippen molar-refractivity contribution in [2.75, 3.05) is 23.7 Å². The number of halogens is 5. The molecule has 13 heteroatoms. The lowest BCUT2D eigenvalue weighted by Gasteiger charge is -2.44. The molecule has 1 saturated heterocycles. The molecule has 0 unspecified atom stereocenters. The first-order chi connectivity index (χ1) is 18.4. The van der Waals surface area contributed by atoms with E-state index in [-0.39, 0.29) is 64.0 Å². The number of piperazine rings is 1. The SMILES string of the molecule is C=CC(=O)N1[C@H](C)CN(c2nc(=O)n3c4c(c(Br)c(C(F)(F)F)cc24)SC[C@@H](c2ccncc2F)C3)C[C@@H]1C. The Kier molecular flexibility index (Phi) is 7.25. The standard InChI is InChI=1S/C26H24BrF4N5O2S/c1-4-20(37)36-13(2)9-34(10-14(36)3)24-17-7-18(26(29,30)31)21(27)23-22(17)35(25(38)33-24)11-15(12-39-23)16-5-6-32-8-19(16)28/h4-8,13-15H,1,9-12H2,2-3H3/t13-,14+,15-/m0/s1.